The highest BCUT2D eigenvalue weighted by atomic mass is 16.5. The second-order valence-corrected chi connectivity index (χ2v) is 4.86. The van der Waals surface area contributed by atoms with E-state index < -0.39 is 12.0 Å². The number of phenolic OH excluding ortho intramolecular Hbond substituents is 1. The molecule has 1 amide bonds. The van der Waals surface area contributed by atoms with Gasteiger partial charge in [0.25, 0.3) is 0 Å². The van der Waals surface area contributed by atoms with Crippen molar-refractivity contribution in [3.63, 3.8) is 0 Å². The average molecular weight is 292 g/mol. The number of phenols is 1. The van der Waals surface area contributed by atoms with Crippen LogP contribution in [0.1, 0.15) is 12.5 Å². The summed E-state index contributed by atoms with van der Waals surface area (Å²) in [5.74, 6) is -0.486. The molecule has 1 aromatic carbocycles. The molecule has 6 nitrogen and oxygen atoms in total. The van der Waals surface area contributed by atoms with Gasteiger partial charge in [-0.3, -0.25) is 4.79 Å². The number of piperazine rings is 1. The lowest BCUT2D eigenvalue weighted by atomic mass is 10.1. The summed E-state index contributed by atoms with van der Waals surface area (Å²) < 4.78 is 5.01. The molecule has 1 aliphatic heterocycles. The van der Waals surface area contributed by atoms with Gasteiger partial charge in [-0.05, 0) is 13.0 Å². The molecule has 1 fully saturated rings. The third-order valence-electron chi connectivity index (χ3n) is 3.46. The Hall–Kier alpha value is -2.08. The van der Waals surface area contributed by atoms with E-state index in [4.69, 9.17) is 4.74 Å². The summed E-state index contributed by atoms with van der Waals surface area (Å²) in [6.45, 7) is 3.52. The molecule has 114 valence electrons. The van der Waals surface area contributed by atoms with E-state index in [1.807, 2.05) is 0 Å². The number of benzene rings is 1. The van der Waals surface area contributed by atoms with E-state index in [1.165, 1.54) is 4.90 Å². The third kappa shape index (κ3) is 3.72. The zero-order chi connectivity index (χ0) is 15.2. The van der Waals surface area contributed by atoms with Crippen LogP contribution < -0.4 is 5.32 Å². The van der Waals surface area contributed by atoms with Crippen molar-refractivity contribution in [1.82, 2.24) is 10.2 Å². The standard InChI is InChI=1S/C15H20N2O4/c1-2-21-15(20)12-10-16-7-8-17(12)14(19)9-11-5-3-4-6-13(11)18/h3-6,12,16,18H,2,7-10H2,1H3. The molecule has 0 aromatic heterocycles. The summed E-state index contributed by atoms with van der Waals surface area (Å²) in [7, 11) is 0. The second kappa shape index (κ2) is 7.08. The Morgan fingerprint density at radius 2 is 2.19 bits per heavy atom. The van der Waals surface area contributed by atoms with Gasteiger partial charge in [-0.1, -0.05) is 18.2 Å². The van der Waals surface area contributed by atoms with E-state index in [1.54, 1.807) is 31.2 Å². The number of amides is 1. The molecule has 1 aliphatic rings. The third-order valence-corrected chi connectivity index (χ3v) is 3.46. The Labute approximate surface area is 123 Å². The van der Waals surface area contributed by atoms with Gasteiger partial charge >= 0.3 is 5.97 Å². The van der Waals surface area contributed by atoms with Gasteiger partial charge in [-0.15, -0.1) is 0 Å². The van der Waals surface area contributed by atoms with E-state index in [-0.39, 0.29) is 24.7 Å². The first-order valence-corrected chi connectivity index (χ1v) is 7.07. The van der Waals surface area contributed by atoms with E-state index in [0.717, 1.165) is 0 Å². The predicted molar refractivity (Wildman–Crippen MR) is 76.8 cm³/mol. The maximum Gasteiger partial charge on any atom is 0.330 e. The highest BCUT2D eigenvalue weighted by molar-refractivity contribution is 5.86. The van der Waals surface area contributed by atoms with Crippen molar-refractivity contribution in [2.24, 2.45) is 0 Å². The number of nitrogens with zero attached hydrogens (tertiary/aromatic N) is 1. The number of ether oxygens (including phenoxy) is 1. The van der Waals surface area contributed by atoms with Gasteiger partial charge in [-0.2, -0.15) is 0 Å². The largest absolute Gasteiger partial charge is 0.508 e. The highest BCUT2D eigenvalue weighted by Crippen LogP contribution is 2.18. The number of para-hydroxylation sites is 1. The minimum Gasteiger partial charge on any atom is -0.508 e. The fourth-order valence-electron chi connectivity index (χ4n) is 2.38. The summed E-state index contributed by atoms with van der Waals surface area (Å²) in [5, 5.41) is 12.8. The molecule has 1 aromatic rings. The first kappa shape index (κ1) is 15.3. The smallest absolute Gasteiger partial charge is 0.330 e. The molecule has 21 heavy (non-hydrogen) atoms. The summed E-state index contributed by atoms with van der Waals surface area (Å²) in [4.78, 5) is 25.9. The van der Waals surface area contributed by atoms with Crippen LogP contribution in [-0.2, 0) is 20.7 Å². The fourth-order valence-corrected chi connectivity index (χ4v) is 2.38. The van der Waals surface area contributed by atoms with Crippen LogP contribution in [0.15, 0.2) is 24.3 Å². The van der Waals surface area contributed by atoms with Gasteiger partial charge in [-0.25, -0.2) is 4.79 Å². The first-order valence-electron chi connectivity index (χ1n) is 7.07. The van der Waals surface area contributed by atoms with Crippen LogP contribution in [0.25, 0.3) is 0 Å². The Balaban J connectivity index is 2.08. The Bertz CT molecular complexity index is 518. The summed E-state index contributed by atoms with van der Waals surface area (Å²) in [6, 6.07) is 6.12. The normalized spacial score (nSPS) is 18.3. The molecule has 0 saturated carbocycles. The molecule has 0 radical (unpaired) electrons. The van der Waals surface area contributed by atoms with Gasteiger partial charge in [0, 0.05) is 25.2 Å². The van der Waals surface area contributed by atoms with Crippen LogP contribution in [0.2, 0.25) is 0 Å². The van der Waals surface area contributed by atoms with Crippen LogP contribution in [0.5, 0.6) is 5.75 Å². The molecule has 1 saturated heterocycles. The molecule has 1 heterocycles. The molecule has 0 spiro atoms. The lowest BCUT2D eigenvalue weighted by Gasteiger charge is -2.34. The topological polar surface area (TPSA) is 78.9 Å². The van der Waals surface area contributed by atoms with Crippen LogP contribution in [0.4, 0.5) is 0 Å². The number of hydrogen-bond acceptors (Lipinski definition) is 5. The van der Waals surface area contributed by atoms with Crippen LogP contribution in [0.3, 0.4) is 0 Å². The van der Waals surface area contributed by atoms with Crippen molar-refractivity contribution in [2.75, 3.05) is 26.2 Å². The number of carbonyl (C=O) groups is 2. The summed E-state index contributed by atoms with van der Waals surface area (Å²) >= 11 is 0. The average Bonchev–Trinajstić information content (AvgIpc) is 2.50. The minimum atomic E-state index is -0.600. The molecule has 2 rings (SSSR count). The summed E-state index contributed by atoms with van der Waals surface area (Å²) in [5.41, 5.74) is 0.559. The van der Waals surface area contributed by atoms with Gasteiger partial charge < -0.3 is 20.1 Å². The van der Waals surface area contributed by atoms with Gasteiger partial charge in [0.2, 0.25) is 5.91 Å². The fraction of sp³-hybridized carbons (Fsp3) is 0.467. The zero-order valence-electron chi connectivity index (χ0n) is 12.0. The Kier molecular flexibility index (Phi) is 5.16. The number of aromatic hydroxyl groups is 1. The number of nitrogens with one attached hydrogen (secondary N) is 1. The number of carbonyl (C=O) groups excluding carboxylic acids is 2. The van der Waals surface area contributed by atoms with Gasteiger partial charge in [0.05, 0.1) is 13.0 Å². The summed E-state index contributed by atoms with van der Waals surface area (Å²) in [6.07, 6.45) is 0.0720. The van der Waals surface area contributed by atoms with Crippen molar-refractivity contribution in [3.8, 4) is 5.75 Å². The quantitative estimate of drug-likeness (QED) is 0.780. The zero-order valence-corrected chi connectivity index (χ0v) is 12.0. The van der Waals surface area contributed by atoms with Crippen molar-refractivity contribution in [3.05, 3.63) is 29.8 Å². The van der Waals surface area contributed by atoms with Gasteiger partial charge in [0.15, 0.2) is 0 Å². The lowest BCUT2D eigenvalue weighted by Crippen LogP contribution is -2.57. The molecular formula is C15H20N2O4. The van der Waals surface area contributed by atoms with E-state index >= 15 is 0 Å². The van der Waals surface area contributed by atoms with E-state index in [9.17, 15) is 14.7 Å². The van der Waals surface area contributed by atoms with Crippen molar-refractivity contribution < 1.29 is 19.4 Å². The van der Waals surface area contributed by atoms with Gasteiger partial charge in [0.1, 0.15) is 11.8 Å². The lowest BCUT2D eigenvalue weighted by molar-refractivity contribution is -0.155. The minimum absolute atomic E-state index is 0.0720. The SMILES string of the molecule is CCOC(=O)C1CNCCN1C(=O)Cc1ccccc1O. The molecule has 0 bridgehead atoms. The van der Waals surface area contributed by atoms with Crippen LogP contribution >= 0.6 is 0 Å². The van der Waals surface area contributed by atoms with Crippen LogP contribution in [-0.4, -0.2) is 54.2 Å². The Morgan fingerprint density at radius 3 is 2.90 bits per heavy atom. The van der Waals surface area contributed by atoms with Crippen molar-refractivity contribution >= 4 is 11.9 Å². The van der Waals surface area contributed by atoms with E-state index in [0.29, 0.717) is 25.2 Å². The first-order chi connectivity index (χ1) is 10.1. The molecule has 1 atom stereocenters. The Morgan fingerprint density at radius 1 is 1.43 bits per heavy atom. The molecule has 2 N–H and O–H groups in total. The maximum atomic E-state index is 12.4. The number of rotatable bonds is 4. The number of hydrogen-bond donors (Lipinski definition) is 2. The number of esters is 1. The molecule has 0 aliphatic carbocycles. The molecular weight excluding hydrogens is 272 g/mol. The monoisotopic (exact) mass is 292 g/mol. The molecule has 1 unspecified atom stereocenters. The highest BCUT2D eigenvalue weighted by Gasteiger charge is 2.33. The van der Waals surface area contributed by atoms with Crippen molar-refractivity contribution in [1.29, 1.82) is 0 Å². The van der Waals surface area contributed by atoms with E-state index in [2.05, 4.69) is 5.32 Å². The predicted octanol–water partition coefficient (Wildman–Crippen LogP) is 0.298. The maximum absolute atomic E-state index is 12.4. The van der Waals surface area contributed by atoms with Crippen LogP contribution in [0, 0.1) is 0 Å². The second-order valence-electron chi connectivity index (χ2n) is 4.86. The molecule has 6 heteroatoms. The van der Waals surface area contributed by atoms with Crippen molar-refractivity contribution in [2.45, 2.75) is 19.4 Å².